The second kappa shape index (κ2) is 8.65. The van der Waals surface area contributed by atoms with Crippen LogP contribution in [0, 0.1) is 0 Å². The van der Waals surface area contributed by atoms with Crippen molar-refractivity contribution in [2.24, 2.45) is 0 Å². The number of barbiturate groups is 1. The molecule has 2 aromatic rings. The van der Waals surface area contributed by atoms with Crippen LogP contribution in [0.3, 0.4) is 0 Å². The highest BCUT2D eigenvalue weighted by Gasteiger charge is 2.37. The second-order valence-corrected chi connectivity index (χ2v) is 9.23. The highest BCUT2D eigenvalue weighted by atomic mass is 35.5. The summed E-state index contributed by atoms with van der Waals surface area (Å²) in [6.07, 6.45) is 3.59. The smallest absolute Gasteiger partial charge is 0.335 e. The number of imide groups is 2. The number of allylic oxidation sites excluding steroid dienone is 1. The molecule has 2 aliphatic rings. The van der Waals surface area contributed by atoms with Crippen LogP contribution < -0.4 is 19.9 Å². The van der Waals surface area contributed by atoms with Crippen molar-refractivity contribution in [2.45, 2.75) is 33.2 Å². The summed E-state index contributed by atoms with van der Waals surface area (Å²) in [5.74, 6) is -0.997. The maximum absolute atomic E-state index is 13.3. The Kier molecular flexibility index (Phi) is 6.00. The fraction of sp³-hybridized carbons (Fsp3) is 0.269. The van der Waals surface area contributed by atoms with Gasteiger partial charge in [-0.2, -0.15) is 0 Å². The normalized spacial score (nSPS) is 18.6. The van der Waals surface area contributed by atoms with Gasteiger partial charge in [0, 0.05) is 29.4 Å². The number of rotatable bonds is 4. The molecule has 0 spiro atoms. The Bertz CT molecular complexity index is 1280. The number of nitrogens with zero attached hydrogens (tertiary/aromatic N) is 2. The standard InChI is InChI=1S/C26H26ClN3O4/c1-6-34-18-9-7-8-17(12-18)30-24(32)20(23(31)28-25(30)33)11-16-10-19-15(2)14-26(3,4)29(5)22(19)13-21(16)27/h7-14H,6H2,1-5H3,(H,28,31,33)/b20-11+. The lowest BCUT2D eigenvalue weighted by atomic mass is 9.88. The van der Waals surface area contributed by atoms with Crippen LogP contribution in [0.4, 0.5) is 16.2 Å². The van der Waals surface area contributed by atoms with Gasteiger partial charge in [0.15, 0.2) is 0 Å². The first kappa shape index (κ1) is 23.6. The summed E-state index contributed by atoms with van der Waals surface area (Å²) in [7, 11) is 1.99. The first-order valence-electron chi connectivity index (χ1n) is 10.9. The molecule has 2 aromatic carbocycles. The van der Waals surface area contributed by atoms with Crippen LogP contribution in [-0.2, 0) is 9.59 Å². The Morgan fingerprint density at radius 1 is 1.15 bits per heavy atom. The molecule has 0 aromatic heterocycles. The van der Waals surface area contributed by atoms with Crippen LogP contribution in [-0.4, -0.2) is 37.0 Å². The van der Waals surface area contributed by atoms with E-state index >= 15 is 0 Å². The van der Waals surface area contributed by atoms with Gasteiger partial charge in [-0.3, -0.25) is 14.9 Å². The van der Waals surface area contributed by atoms with Crippen molar-refractivity contribution in [3.05, 3.63) is 64.2 Å². The highest BCUT2D eigenvalue weighted by molar-refractivity contribution is 6.40. The number of carbonyl (C=O) groups excluding carboxylic acids is 3. The number of fused-ring (bicyclic) bond motifs is 1. The molecule has 34 heavy (non-hydrogen) atoms. The zero-order valence-electron chi connectivity index (χ0n) is 19.7. The second-order valence-electron chi connectivity index (χ2n) is 8.82. The third-order valence-corrected chi connectivity index (χ3v) is 6.45. The molecular weight excluding hydrogens is 454 g/mol. The maximum atomic E-state index is 13.3. The van der Waals surface area contributed by atoms with E-state index < -0.39 is 17.8 Å². The fourth-order valence-electron chi connectivity index (χ4n) is 4.22. The molecule has 176 valence electrons. The molecule has 7 nitrogen and oxygen atoms in total. The Morgan fingerprint density at radius 2 is 1.88 bits per heavy atom. The highest BCUT2D eigenvalue weighted by Crippen LogP contribution is 2.41. The number of urea groups is 1. The average molecular weight is 480 g/mol. The molecule has 0 aliphatic carbocycles. The van der Waals surface area contributed by atoms with Crippen molar-refractivity contribution >= 4 is 52.5 Å². The SMILES string of the molecule is CCOc1cccc(N2C(=O)NC(=O)/C(=C\c3cc4c(cc3Cl)N(C)C(C)(C)C=C4C)C2=O)c1. The van der Waals surface area contributed by atoms with Crippen molar-refractivity contribution in [1.29, 1.82) is 0 Å². The molecule has 0 atom stereocenters. The Balaban J connectivity index is 1.76. The molecule has 8 heteroatoms. The number of anilines is 2. The lowest BCUT2D eigenvalue weighted by Crippen LogP contribution is -2.54. The van der Waals surface area contributed by atoms with Crippen molar-refractivity contribution in [1.82, 2.24) is 5.32 Å². The quantitative estimate of drug-likeness (QED) is 0.491. The van der Waals surface area contributed by atoms with Gasteiger partial charge in [-0.15, -0.1) is 0 Å². The van der Waals surface area contributed by atoms with Gasteiger partial charge in [0.1, 0.15) is 11.3 Å². The van der Waals surface area contributed by atoms with Crippen LogP contribution in [0.2, 0.25) is 5.02 Å². The number of nitrogens with one attached hydrogen (secondary N) is 1. The minimum absolute atomic E-state index is 0.184. The first-order valence-corrected chi connectivity index (χ1v) is 11.3. The molecule has 2 aliphatic heterocycles. The van der Waals surface area contributed by atoms with Crippen molar-refractivity contribution in [2.75, 3.05) is 23.5 Å². The lowest BCUT2D eigenvalue weighted by molar-refractivity contribution is -0.122. The summed E-state index contributed by atoms with van der Waals surface area (Å²) < 4.78 is 5.48. The minimum Gasteiger partial charge on any atom is -0.494 e. The molecule has 1 N–H and O–H groups in total. The largest absolute Gasteiger partial charge is 0.494 e. The predicted molar refractivity (Wildman–Crippen MR) is 134 cm³/mol. The number of carbonyl (C=O) groups is 3. The first-order chi connectivity index (χ1) is 16.0. The molecule has 0 bridgehead atoms. The van der Waals surface area contributed by atoms with Gasteiger partial charge in [0.05, 0.1) is 17.8 Å². The lowest BCUT2D eigenvalue weighted by Gasteiger charge is -2.40. The summed E-state index contributed by atoms with van der Waals surface area (Å²) in [5, 5.41) is 2.64. The number of halogens is 1. The summed E-state index contributed by atoms with van der Waals surface area (Å²) in [6.45, 7) is 8.51. The zero-order chi connectivity index (χ0) is 24.8. The van der Waals surface area contributed by atoms with Crippen molar-refractivity contribution < 1.29 is 19.1 Å². The van der Waals surface area contributed by atoms with E-state index in [-0.39, 0.29) is 11.1 Å². The summed E-state index contributed by atoms with van der Waals surface area (Å²) in [4.78, 5) is 41.5. The van der Waals surface area contributed by atoms with Crippen LogP contribution in [0.15, 0.2) is 48.0 Å². The fourth-order valence-corrected chi connectivity index (χ4v) is 4.44. The molecule has 0 radical (unpaired) electrons. The van der Waals surface area contributed by atoms with Crippen molar-refractivity contribution in [3.8, 4) is 5.75 Å². The van der Waals surface area contributed by atoms with Crippen LogP contribution in [0.1, 0.15) is 38.8 Å². The number of hydrogen-bond acceptors (Lipinski definition) is 5. The maximum Gasteiger partial charge on any atom is 0.335 e. The third-order valence-electron chi connectivity index (χ3n) is 6.12. The van der Waals surface area contributed by atoms with E-state index in [1.54, 1.807) is 24.3 Å². The Morgan fingerprint density at radius 3 is 2.59 bits per heavy atom. The number of amides is 4. The van der Waals surface area contributed by atoms with E-state index in [0.29, 0.717) is 28.6 Å². The van der Waals surface area contributed by atoms with Gasteiger partial charge in [-0.1, -0.05) is 23.7 Å². The summed E-state index contributed by atoms with van der Waals surface area (Å²) in [6, 6.07) is 9.45. The summed E-state index contributed by atoms with van der Waals surface area (Å²) >= 11 is 6.59. The Hall–Kier alpha value is -3.58. The average Bonchev–Trinajstić information content (AvgIpc) is 2.76. The Labute approximate surface area is 203 Å². The van der Waals surface area contributed by atoms with E-state index in [0.717, 1.165) is 21.7 Å². The monoisotopic (exact) mass is 479 g/mol. The van der Waals surface area contributed by atoms with Crippen LogP contribution >= 0.6 is 11.6 Å². The van der Waals surface area contributed by atoms with Gasteiger partial charge >= 0.3 is 6.03 Å². The molecule has 2 heterocycles. The van der Waals surface area contributed by atoms with Crippen LogP contribution in [0.5, 0.6) is 5.75 Å². The van der Waals surface area contributed by atoms with E-state index in [2.05, 4.69) is 30.1 Å². The molecule has 4 amide bonds. The molecule has 1 fully saturated rings. The van der Waals surface area contributed by atoms with Gasteiger partial charge in [-0.05, 0) is 69.2 Å². The molecular formula is C26H26ClN3O4. The number of benzene rings is 2. The van der Waals surface area contributed by atoms with Gasteiger partial charge in [-0.25, -0.2) is 9.69 Å². The van der Waals surface area contributed by atoms with Crippen molar-refractivity contribution in [3.63, 3.8) is 0 Å². The number of likely N-dealkylation sites (N-methyl/N-ethyl adjacent to an activating group) is 1. The predicted octanol–water partition coefficient (Wildman–Crippen LogP) is 5.04. The van der Waals surface area contributed by atoms with Gasteiger partial charge in [0.25, 0.3) is 11.8 Å². The number of hydrogen-bond donors (Lipinski definition) is 1. The van der Waals surface area contributed by atoms with Crippen LogP contribution in [0.25, 0.3) is 11.6 Å². The van der Waals surface area contributed by atoms with E-state index in [4.69, 9.17) is 16.3 Å². The summed E-state index contributed by atoms with van der Waals surface area (Å²) in [5.41, 5.74) is 3.42. The van der Waals surface area contributed by atoms with Gasteiger partial charge in [0.2, 0.25) is 0 Å². The van der Waals surface area contributed by atoms with E-state index in [1.807, 2.05) is 33.0 Å². The van der Waals surface area contributed by atoms with E-state index in [1.165, 1.54) is 6.08 Å². The minimum atomic E-state index is -0.819. The number of ether oxygens (including phenoxy) is 1. The third kappa shape index (κ3) is 4.07. The zero-order valence-corrected chi connectivity index (χ0v) is 20.5. The van der Waals surface area contributed by atoms with Gasteiger partial charge < -0.3 is 9.64 Å². The van der Waals surface area contributed by atoms with E-state index in [9.17, 15) is 14.4 Å². The molecule has 0 saturated carbocycles. The molecule has 0 unspecified atom stereocenters. The molecule has 1 saturated heterocycles. The topological polar surface area (TPSA) is 79.0 Å². The molecule has 4 rings (SSSR count).